The summed E-state index contributed by atoms with van der Waals surface area (Å²) in [7, 11) is 0. The maximum absolute atomic E-state index is 11.8. The molecule has 0 amide bonds. The number of alkyl halides is 1. The zero-order valence-corrected chi connectivity index (χ0v) is 8.70. The lowest BCUT2D eigenvalue weighted by Crippen LogP contribution is -1.86. The van der Waals surface area contributed by atoms with Crippen molar-refractivity contribution in [2.24, 2.45) is 0 Å². The lowest BCUT2D eigenvalue weighted by molar-refractivity contribution is 0.562. The van der Waals surface area contributed by atoms with Crippen molar-refractivity contribution in [2.75, 3.05) is 6.67 Å². The van der Waals surface area contributed by atoms with Gasteiger partial charge in [0.25, 0.3) is 0 Å². The van der Waals surface area contributed by atoms with Crippen LogP contribution in [-0.2, 0) is 6.42 Å². The molecule has 0 saturated heterocycles. The van der Waals surface area contributed by atoms with Crippen LogP contribution in [0, 0.1) is 0 Å². The second-order valence-corrected chi connectivity index (χ2v) is 3.19. The van der Waals surface area contributed by atoms with Gasteiger partial charge in [-0.25, -0.2) is 4.39 Å². The third-order valence-electron chi connectivity index (χ3n) is 2.05. The molecule has 1 aromatic rings. The van der Waals surface area contributed by atoms with Crippen LogP contribution in [0.2, 0.25) is 0 Å². The molecule has 1 rings (SSSR count). The third-order valence-corrected chi connectivity index (χ3v) is 2.05. The average Bonchev–Trinajstić information content (AvgIpc) is 2.29. The molecule has 0 aliphatic heterocycles. The fraction of sp³-hybridized carbons (Fsp3) is 0.143. The van der Waals surface area contributed by atoms with Gasteiger partial charge in [0.2, 0.25) is 0 Å². The second kappa shape index (κ2) is 6.77. The minimum absolute atomic E-state index is 0.424. The Bertz CT molecular complexity index is 347. The standard InChI is InChI=1S/C14H15F/c1-2-13(8-6-7-11-15)12-14-9-4-3-5-10-14/h2-10H,1,11-12H2/b7-6-,13-8+. The molecule has 0 aliphatic carbocycles. The van der Waals surface area contributed by atoms with E-state index in [1.54, 1.807) is 12.2 Å². The van der Waals surface area contributed by atoms with E-state index in [-0.39, 0.29) is 0 Å². The van der Waals surface area contributed by atoms with Crippen molar-refractivity contribution >= 4 is 0 Å². The summed E-state index contributed by atoms with van der Waals surface area (Å²) in [5, 5.41) is 0. The summed E-state index contributed by atoms with van der Waals surface area (Å²) in [5.74, 6) is 0. The zero-order valence-electron chi connectivity index (χ0n) is 8.70. The Morgan fingerprint density at radius 1 is 1.27 bits per heavy atom. The number of rotatable bonds is 5. The number of hydrogen-bond donors (Lipinski definition) is 0. The summed E-state index contributed by atoms with van der Waals surface area (Å²) >= 11 is 0. The lowest BCUT2D eigenvalue weighted by Gasteiger charge is -2.00. The van der Waals surface area contributed by atoms with E-state index in [1.807, 2.05) is 24.3 Å². The van der Waals surface area contributed by atoms with Crippen LogP contribution in [0.3, 0.4) is 0 Å². The molecule has 15 heavy (non-hydrogen) atoms. The van der Waals surface area contributed by atoms with Crippen molar-refractivity contribution in [1.82, 2.24) is 0 Å². The topological polar surface area (TPSA) is 0 Å². The summed E-state index contributed by atoms with van der Waals surface area (Å²) in [5.41, 5.74) is 2.32. The van der Waals surface area contributed by atoms with E-state index < -0.39 is 6.67 Å². The van der Waals surface area contributed by atoms with Gasteiger partial charge in [-0.2, -0.15) is 0 Å². The Kier molecular flexibility index (Phi) is 5.16. The first-order chi connectivity index (χ1) is 7.36. The predicted octanol–water partition coefficient (Wildman–Crippen LogP) is 3.87. The van der Waals surface area contributed by atoms with E-state index in [0.717, 1.165) is 12.0 Å². The highest BCUT2D eigenvalue weighted by molar-refractivity contribution is 5.29. The molecule has 0 spiro atoms. The Balaban J connectivity index is 2.66. The maximum Gasteiger partial charge on any atom is 0.108 e. The number of hydrogen-bond acceptors (Lipinski definition) is 0. The highest BCUT2D eigenvalue weighted by atomic mass is 19.1. The molecule has 0 atom stereocenters. The van der Waals surface area contributed by atoms with E-state index >= 15 is 0 Å². The molecule has 0 bridgehead atoms. The van der Waals surface area contributed by atoms with Crippen LogP contribution in [0.4, 0.5) is 4.39 Å². The van der Waals surface area contributed by atoms with Crippen LogP contribution in [-0.4, -0.2) is 6.67 Å². The van der Waals surface area contributed by atoms with Crippen molar-refractivity contribution in [3.05, 3.63) is 72.4 Å². The monoisotopic (exact) mass is 202 g/mol. The molecule has 1 heteroatoms. The molecule has 0 unspecified atom stereocenters. The van der Waals surface area contributed by atoms with Crippen LogP contribution in [0.25, 0.3) is 0 Å². The molecule has 0 N–H and O–H groups in total. The van der Waals surface area contributed by atoms with Gasteiger partial charge in [0.15, 0.2) is 0 Å². The largest absolute Gasteiger partial charge is 0.247 e. The fourth-order valence-corrected chi connectivity index (χ4v) is 1.27. The summed E-state index contributed by atoms with van der Waals surface area (Å²) in [6, 6.07) is 10.1. The first-order valence-corrected chi connectivity index (χ1v) is 4.95. The summed E-state index contributed by atoms with van der Waals surface area (Å²) in [6.07, 6.45) is 7.73. The summed E-state index contributed by atoms with van der Waals surface area (Å²) in [6.45, 7) is 3.32. The zero-order chi connectivity index (χ0) is 10.9. The van der Waals surface area contributed by atoms with Gasteiger partial charge >= 0.3 is 0 Å². The van der Waals surface area contributed by atoms with E-state index in [4.69, 9.17) is 0 Å². The van der Waals surface area contributed by atoms with Gasteiger partial charge in [0.1, 0.15) is 6.67 Å². The number of allylic oxidation sites excluding steroid dienone is 5. The van der Waals surface area contributed by atoms with Crippen molar-refractivity contribution in [2.45, 2.75) is 6.42 Å². The first-order valence-electron chi connectivity index (χ1n) is 4.95. The van der Waals surface area contributed by atoms with Gasteiger partial charge in [-0.05, 0) is 17.6 Å². The number of halogens is 1. The first kappa shape index (κ1) is 11.4. The quantitative estimate of drug-likeness (QED) is 0.636. The third kappa shape index (κ3) is 4.41. The Morgan fingerprint density at radius 2 is 2.00 bits per heavy atom. The van der Waals surface area contributed by atoms with E-state index in [1.165, 1.54) is 11.6 Å². The minimum Gasteiger partial charge on any atom is -0.247 e. The van der Waals surface area contributed by atoms with Crippen molar-refractivity contribution in [3.63, 3.8) is 0 Å². The van der Waals surface area contributed by atoms with Crippen LogP contribution in [0.1, 0.15) is 5.56 Å². The molecule has 0 heterocycles. The molecule has 0 aliphatic rings. The highest BCUT2D eigenvalue weighted by Gasteiger charge is 1.93. The predicted molar refractivity (Wildman–Crippen MR) is 63.5 cm³/mol. The Hall–Kier alpha value is -1.63. The summed E-state index contributed by atoms with van der Waals surface area (Å²) < 4.78 is 11.8. The van der Waals surface area contributed by atoms with Gasteiger partial charge in [-0.15, -0.1) is 0 Å². The minimum atomic E-state index is -0.424. The molecular formula is C14H15F. The van der Waals surface area contributed by atoms with Crippen LogP contribution in [0.15, 0.2) is 66.8 Å². The van der Waals surface area contributed by atoms with Crippen LogP contribution >= 0.6 is 0 Å². The van der Waals surface area contributed by atoms with Crippen LogP contribution < -0.4 is 0 Å². The lowest BCUT2D eigenvalue weighted by atomic mass is 10.1. The van der Waals surface area contributed by atoms with Gasteiger partial charge in [0.05, 0.1) is 0 Å². The van der Waals surface area contributed by atoms with Gasteiger partial charge < -0.3 is 0 Å². The highest BCUT2D eigenvalue weighted by Crippen LogP contribution is 2.08. The van der Waals surface area contributed by atoms with Crippen LogP contribution in [0.5, 0.6) is 0 Å². The SMILES string of the molecule is C=C/C(=C\C=C/CF)Cc1ccccc1. The van der Waals surface area contributed by atoms with Crippen molar-refractivity contribution in [3.8, 4) is 0 Å². The van der Waals surface area contributed by atoms with E-state index in [2.05, 4.69) is 18.7 Å². The molecular weight excluding hydrogens is 187 g/mol. The summed E-state index contributed by atoms with van der Waals surface area (Å²) in [4.78, 5) is 0. The normalized spacial score (nSPS) is 11.9. The average molecular weight is 202 g/mol. The smallest absolute Gasteiger partial charge is 0.108 e. The van der Waals surface area contributed by atoms with Crippen molar-refractivity contribution in [1.29, 1.82) is 0 Å². The van der Waals surface area contributed by atoms with E-state index in [0.29, 0.717) is 0 Å². The molecule has 0 nitrogen and oxygen atoms in total. The molecule has 0 saturated carbocycles. The number of benzene rings is 1. The van der Waals surface area contributed by atoms with Gasteiger partial charge in [-0.1, -0.05) is 61.2 Å². The second-order valence-electron chi connectivity index (χ2n) is 3.19. The molecule has 0 fully saturated rings. The van der Waals surface area contributed by atoms with Gasteiger partial charge in [-0.3, -0.25) is 0 Å². The Morgan fingerprint density at radius 3 is 2.60 bits per heavy atom. The fourth-order valence-electron chi connectivity index (χ4n) is 1.27. The van der Waals surface area contributed by atoms with E-state index in [9.17, 15) is 4.39 Å². The van der Waals surface area contributed by atoms with Gasteiger partial charge in [0, 0.05) is 0 Å². The van der Waals surface area contributed by atoms with Crippen molar-refractivity contribution < 1.29 is 4.39 Å². The molecule has 0 radical (unpaired) electrons. The molecule has 1 aromatic carbocycles. The Labute approximate surface area is 90.4 Å². The maximum atomic E-state index is 11.8. The molecule has 0 aromatic heterocycles. The molecule has 78 valence electrons.